The van der Waals surface area contributed by atoms with Crippen molar-refractivity contribution in [2.24, 2.45) is 11.8 Å². The SMILES string of the molecule is NNc1ccnc(C(=O)N2CCCC3CCCC32)c1. The van der Waals surface area contributed by atoms with E-state index in [1.807, 2.05) is 4.90 Å². The first-order chi connectivity index (χ1) is 9.29. The van der Waals surface area contributed by atoms with E-state index in [0.717, 1.165) is 25.1 Å². The first kappa shape index (κ1) is 12.4. The number of aromatic nitrogens is 1. The molecule has 5 heteroatoms. The van der Waals surface area contributed by atoms with Crippen LogP contribution >= 0.6 is 0 Å². The van der Waals surface area contributed by atoms with Gasteiger partial charge in [0.1, 0.15) is 5.69 Å². The first-order valence-electron chi connectivity index (χ1n) is 7.03. The molecule has 2 fully saturated rings. The minimum atomic E-state index is 0.0497. The summed E-state index contributed by atoms with van der Waals surface area (Å²) >= 11 is 0. The molecule has 5 nitrogen and oxygen atoms in total. The van der Waals surface area contributed by atoms with Crippen molar-refractivity contribution in [3.05, 3.63) is 24.0 Å². The molecule has 0 spiro atoms. The second-order valence-corrected chi connectivity index (χ2v) is 5.47. The molecule has 1 aromatic heterocycles. The molecule has 102 valence electrons. The monoisotopic (exact) mass is 260 g/mol. The van der Waals surface area contributed by atoms with Gasteiger partial charge in [-0.05, 0) is 43.7 Å². The summed E-state index contributed by atoms with van der Waals surface area (Å²) in [6, 6.07) is 3.91. The maximum absolute atomic E-state index is 12.6. The number of nitrogens with zero attached hydrogens (tertiary/aromatic N) is 2. The largest absolute Gasteiger partial charge is 0.334 e. The van der Waals surface area contributed by atoms with Crippen molar-refractivity contribution >= 4 is 11.6 Å². The molecule has 2 unspecified atom stereocenters. The fraction of sp³-hybridized carbons (Fsp3) is 0.571. The highest BCUT2D eigenvalue weighted by Crippen LogP contribution is 2.37. The number of hydrogen-bond acceptors (Lipinski definition) is 4. The number of nitrogen functional groups attached to an aromatic ring is 1. The van der Waals surface area contributed by atoms with E-state index in [9.17, 15) is 4.79 Å². The lowest BCUT2D eigenvalue weighted by molar-refractivity contribution is 0.0542. The molecular weight excluding hydrogens is 240 g/mol. The lowest BCUT2D eigenvalue weighted by Crippen LogP contribution is -2.46. The number of piperidine rings is 1. The summed E-state index contributed by atoms with van der Waals surface area (Å²) in [5.74, 6) is 6.13. The van der Waals surface area contributed by atoms with Gasteiger partial charge in [-0.25, -0.2) is 0 Å². The highest BCUT2D eigenvalue weighted by Gasteiger charge is 2.37. The Morgan fingerprint density at radius 1 is 1.37 bits per heavy atom. The molecule has 1 saturated heterocycles. The Bertz CT molecular complexity index is 476. The van der Waals surface area contributed by atoms with Crippen LogP contribution in [0.1, 0.15) is 42.6 Å². The van der Waals surface area contributed by atoms with Crippen LogP contribution in [-0.2, 0) is 0 Å². The van der Waals surface area contributed by atoms with Gasteiger partial charge in [0.25, 0.3) is 5.91 Å². The summed E-state index contributed by atoms with van der Waals surface area (Å²) in [6.07, 6.45) is 7.67. The van der Waals surface area contributed by atoms with Gasteiger partial charge in [-0.2, -0.15) is 0 Å². The Labute approximate surface area is 113 Å². The van der Waals surface area contributed by atoms with Crippen LogP contribution in [0.5, 0.6) is 0 Å². The molecule has 1 aliphatic heterocycles. The molecule has 1 saturated carbocycles. The topological polar surface area (TPSA) is 71.2 Å². The van der Waals surface area contributed by atoms with Crippen LogP contribution in [0.2, 0.25) is 0 Å². The van der Waals surface area contributed by atoms with Crippen molar-refractivity contribution in [3.63, 3.8) is 0 Å². The Kier molecular flexibility index (Phi) is 3.38. The quantitative estimate of drug-likeness (QED) is 0.628. The van der Waals surface area contributed by atoms with Crippen molar-refractivity contribution < 1.29 is 4.79 Å². The molecular formula is C14H20N4O. The van der Waals surface area contributed by atoms with E-state index in [1.54, 1.807) is 18.3 Å². The Morgan fingerprint density at radius 3 is 3.05 bits per heavy atom. The summed E-state index contributed by atoms with van der Waals surface area (Å²) in [7, 11) is 0. The van der Waals surface area contributed by atoms with Crippen molar-refractivity contribution in [2.75, 3.05) is 12.0 Å². The number of nitrogens with two attached hydrogens (primary N) is 1. The summed E-state index contributed by atoms with van der Waals surface area (Å²) in [4.78, 5) is 18.8. The lowest BCUT2D eigenvalue weighted by atomic mass is 9.91. The zero-order valence-corrected chi connectivity index (χ0v) is 11.0. The fourth-order valence-corrected chi connectivity index (χ4v) is 3.49. The average molecular weight is 260 g/mol. The highest BCUT2D eigenvalue weighted by atomic mass is 16.2. The van der Waals surface area contributed by atoms with Crippen LogP contribution < -0.4 is 11.3 Å². The van der Waals surface area contributed by atoms with Crippen LogP contribution in [0.25, 0.3) is 0 Å². The maximum atomic E-state index is 12.6. The number of amides is 1. The minimum Gasteiger partial charge on any atom is -0.334 e. The maximum Gasteiger partial charge on any atom is 0.272 e. The van der Waals surface area contributed by atoms with Crippen molar-refractivity contribution in [1.29, 1.82) is 0 Å². The highest BCUT2D eigenvalue weighted by molar-refractivity contribution is 5.93. The number of likely N-dealkylation sites (tertiary alicyclic amines) is 1. The predicted molar refractivity (Wildman–Crippen MR) is 73.4 cm³/mol. The van der Waals surface area contributed by atoms with Gasteiger partial charge >= 0.3 is 0 Å². The number of hydrazine groups is 1. The minimum absolute atomic E-state index is 0.0497. The number of carbonyl (C=O) groups excluding carboxylic acids is 1. The van der Waals surface area contributed by atoms with Gasteiger partial charge in [0, 0.05) is 18.8 Å². The van der Waals surface area contributed by atoms with Gasteiger partial charge in [0.05, 0.1) is 5.69 Å². The molecule has 2 aliphatic rings. The molecule has 2 atom stereocenters. The van der Waals surface area contributed by atoms with Crippen LogP contribution in [0.15, 0.2) is 18.3 Å². The summed E-state index contributed by atoms with van der Waals surface area (Å²) in [5.41, 5.74) is 3.77. The van der Waals surface area contributed by atoms with Gasteiger partial charge in [-0.3, -0.25) is 15.6 Å². The normalized spacial score (nSPS) is 26.1. The number of pyridine rings is 1. The van der Waals surface area contributed by atoms with Crippen LogP contribution in [0.3, 0.4) is 0 Å². The smallest absolute Gasteiger partial charge is 0.272 e. The summed E-state index contributed by atoms with van der Waals surface area (Å²) < 4.78 is 0. The molecule has 0 aromatic carbocycles. The number of rotatable bonds is 2. The zero-order chi connectivity index (χ0) is 13.2. The van der Waals surface area contributed by atoms with E-state index in [0.29, 0.717) is 17.7 Å². The molecule has 1 amide bonds. The standard InChI is InChI=1S/C14H20N4O/c15-17-11-6-7-16-12(9-11)14(19)18-8-2-4-10-3-1-5-13(10)18/h6-7,9-10,13H,1-5,8,15H2,(H,16,17). The third kappa shape index (κ3) is 2.30. The van der Waals surface area contributed by atoms with Gasteiger partial charge in [0.2, 0.25) is 0 Å². The molecule has 3 rings (SSSR count). The van der Waals surface area contributed by atoms with E-state index >= 15 is 0 Å². The van der Waals surface area contributed by atoms with Gasteiger partial charge in [-0.15, -0.1) is 0 Å². The number of carbonyl (C=O) groups is 1. The molecule has 2 heterocycles. The first-order valence-corrected chi connectivity index (χ1v) is 7.03. The summed E-state index contributed by atoms with van der Waals surface area (Å²) in [5, 5.41) is 0. The molecule has 0 radical (unpaired) electrons. The third-order valence-electron chi connectivity index (χ3n) is 4.40. The second kappa shape index (κ2) is 5.17. The summed E-state index contributed by atoms with van der Waals surface area (Å²) in [6.45, 7) is 0.863. The number of fused-ring (bicyclic) bond motifs is 1. The van der Waals surface area contributed by atoms with Crippen molar-refractivity contribution in [3.8, 4) is 0 Å². The Balaban J connectivity index is 1.82. The Hall–Kier alpha value is -1.62. The van der Waals surface area contributed by atoms with E-state index in [-0.39, 0.29) is 5.91 Å². The number of hydrogen-bond donors (Lipinski definition) is 2. The van der Waals surface area contributed by atoms with Crippen molar-refractivity contribution in [1.82, 2.24) is 9.88 Å². The molecule has 19 heavy (non-hydrogen) atoms. The molecule has 3 N–H and O–H groups in total. The zero-order valence-electron chi connectivity index (χ0n) is 11.0. The van der Waals surface area contributed by atoms with E-state index in [4.69, 9.17) is 5.84 Å². The van der Waals surface area contributed by atoms with E-state index in [2.05, 4.69) is 10.4 Å². The molecule has 0 bridgehead atoms. The predicted octanol–water partition coefficient (Wildman–Crippen LogP) is 1.77. The van der Waals surface area contributed by atoms with Crippen LogP contribution in [0.4, 0.5) is 5.69 Å². The number of nitrogens with one attached hydrogen (secondary N) is 1. The van der Waals surface area contributed by atoms with E-state index < -0.39 is 0 Å². The number of anilines is 1. The Morgan fingerprint density at radius 2 is 2.21 bits per heavy atom. The molecule has 1 aromatic rings. The van der Waals surface area contributed by atoms with E-state index in [1.165, 1.54) is 19.3 Å². The van der Waals surface area contributed by atoms with Crippen LogP contribution in [-0.4, -0.2) is 28.4 Å². The van der Waals surface area contributed by atoms with Crippen molar-refractivity contribution in [2.45, 2.75) is 38.1 Å². The molecule has 1 aliphatic carbocycles. The van der Waals surface area contributed by atoms with Gasteiger partial charge in [0.15, 0.2) is 0 Å². The van der Waals surface area contributed by atoms with Gasteiger partial charge in [-0.1, -0.05) is 6.42 Å². The fourth-order valence-electron chi connectivity index (χ4n) is 3.49. The lowest BCUT2D eigenvalue weighted by Gasteiger charge is -2.37. The van der Waals surface area contributed by atoms with Crippen LogP contribution in [0, 0.1) is 5.92 Å². The second-order valence-electron chi connectivity index (χ2n) is 5.47. The van der Waals surface area contributed by atoms with Gasteiger partial charge < -0.3 is 10.3 Å². The third-order valence-corrected chi connectivity index (χ3v) is 4.40. The average Bonchev–Trinajstić information content (AvgIpc) is 2.95.